The molecule has 38 heavy (non-hydrogen) atoms. The van der Waals surface area contributed by atoms with E-state index in [-0.39, 0.29) is 27.5 Å². The summed E-state index contributed by atoms with van der Waals surface area (Å²) in [7, 11) is -2.78. The quantitative estimate of drug-likeness (QED) is 0.158. The molecule has 0 amide bonds. The molecule has 2 nitrogen and oxygen atoms in total. The van der Waals surface area contributed by atoms with Gasteiger partial charge in [-0.15, -0.1) is 0 Å². The van der Waals surface area contributed by atoms with Crippen LogP contribution < -0.4 is 10.4 Å². The molecule has 1 heterocycles. The molecule has 5 rings (SSSR count). The Labute approximate surface area is 241 Å². The van der Waals surface area contributed by atoms with Crippen molar-refractivity contribution < 1.29 is 9.16 Å². The van der Waals surface area contributed by atoms with Crippen LogP contribution in [-0.4, -0.2) is 24.7 Å². The predicted molar refractivity (Wildman–Crippen MR) is 166 cm³/mol. The van der Waals surface area contributed by atoms with Gasteiger partial charge in [0, 0.05) is 4.90 Å². The molecule has 4 atom stereocenters. The lowest BCUT2D eigenvalue weighted by Gasteiger charge is -2.45. The first-order valence-electron chi connectivity index (χ1n) is 13.2. The van der Waals surface area contributed by atoms with Crippen LogP contribution in [0.4, 0.5) is 0 Å². The van der Waals surface area contributed by atoms with E-state index in [4.69, 9.17) is 9.16 Å². The van der Waals surface area contributed by atoms with Gasteiger partial charge in [-0.1, -0.05) is 157 Å². The van der Waals surface area contributed by atoms with Gasteiger partial charge >= 0.3 is 0 Å². The molecule has 1 fully saturated rings. The number of rotatable bonds is 7. The minimum atomic E-state index is -2.78. The summed E-state index contributed by atoms with van der Waals surface area (Å²) < 4.78 is 14.5. The van der Waals surface area contributed by atoms with Crippen molar-refractivity contribution in [2.24, 2.45) is 0 Å². The van der Waals surface area contributed by atoms with Crippen molar-refractivity contribution in [1.29, 1.82) is 0 Å². The maximum Gasteiger partial charge on any atom is 0.261 e. The second-order valence-corrected chi connectivity index (χ2v) is 17.4. The van der Waals surface area contributed by atoms with E-state index in [1.54, 1.807) is 11.8 Å². The molecule has 1 aliphatic rings. The maximum atomic E-state index is 7.65. The molecule has 4 aromatic rings. The Bertz CT molecular complexity index is 1270. The molecular formula is C33H35BrO2SSi. The van der Waals surface area contributed by atoms with Gasteiger partial charge in [0.05, 0.1) is 17.0 Å². The third kappa shape index (κ3) is 5.45. The summed E-state index contributed by atoms with van der Waals surface area (Å²) in [5, 5.41) is 2.44. The van der Waals surface area contributed by atoms with E-state index in [9.17, 15) is 0 Å². The first-order valence-corrected chi connectivity index (χ1v) is 16.9. The average molecular weight is 604 g/mol. The topological polar surface area (TPSA) is 18.5 Å². The van der Waals surface area contributed by atoms with Crippen LogP contribution in [0.15, 0.2) is 120 Å². The van der Waals surface area contributed by atoms with Crippen LogP contribution in [-0.2, 0) is 9.16 Å². The normalized spacial score (nSPS) is 21.9. The van der Waals surface area contributed by atoms with Gasteiger partial charge in [-0.3, -0.25) is 0 Å². The summed E-state index contributed by atoms with van der Waals surface area (Å²) >= 11 is 5.85. The van der Waals surface area contributed by atoms with Crippen LogP contribution in [0.25, 0.3) is 0 Å². The highest BCUT2D eigenvalue weighted by atomic mass is 79.9. The number of hydrogen-bond donors (Lipinski definition) is 0. The first kappa shape index (κ1) is 27.4. The Morgan fingerprint density at radius 2 is 1.24 bits per heavy atom. The first-order chi connectivity index (χ1) is 18.3. The van der Waals surface area contributed by atoms with Crippen molar-refractivity contribution in [3.8, 4) is 0 Å². The Kier molecular flexibility index (Phi) is 8.32. The molecule has 0 radical (unpaired) electrons. The summed E-state index contributed by atoms with van der Waals surface area (Å²) in [5.41, 5.74) is 2.24. The Morgan fingerprint density at radius 3 is 1.74 bits per heavy atom. The molecule has 4 aromatic carbocycles. The standard InChI is InChI=1S/C33H35BrO2SSi/c1-24-20-22-26(23-21-24)37-32-31(29(34)30(35-32)25-14-8-5-9-15-25)36-38(33(2,3)4,27-16-10-6-11-17-27)28-18-12-7-13-19-28/h5-23,29-32H,1-4H3/t29-,30-,31+,32-/m0/s1. The Hall–Kier alpha value is -2.15. The van der Waals surface area contributed by atoms with E-state index < -0.39 is 8.32 Å². The molecule has 0 bridgehead atoms. The Morgan fingerprint density at radius 1 is 0.737 bits per heavy atom. The van der Waals surface area contributed by atoms with Crippen LogP contribution in [0.5, 0.6) is 0 Å². The minimum Gasteiger partial charge on any atom is -0.400 e. The van der Waals surface area contributed by atoms with Crippen molar-refractivity contribution in [3.05, 3.63) is 126 Å². The van der Waals surface area contributed by atoms with E-state index in [2.05, 4.69) is 159 Å². The summed E-state index contributed by atoms with van der Waals surface area (Å²) in [4.78, 5) is 1.18. The van der Waals surface area contributed by atoms with Gasteiger partial charge in [0.25, 0.3) is 8.32 Å². The number of alkyl halides is 1. The van der Waals surface area contributed by atoms with Gasteiger partial charge in [-0.2, -0.15) is 0 Å². The lowest BCUT2D eigenvalue weighted by molar-refractivity contribution is 0.0693. The van der Waals surface area contributed by atoms with Crippen molar-refractivity contribution in [1.82, 2.24) is 0 Å². The smallest absolute Gasteiger partial charge is 0.261 e. The lowest BCUT2D eigenvalue weighted by Crippen LogP contribution is -2.68. The molecule has 0 N–H and O–H groups in total. The molecule has 0 aliphatic carbocycles. The second-order valence-electron chi connectivity index (χ2n) is 11.0. The average Bonchev–Trinajstić information content (AvgIpc) is 3.23. The molecule has 0 aromatic heterocycles. The highest BCUT2D eigenvalue weighted by molar-refractivity contribution is 9.09. The zero-order chi connectivity index (χ0) is 26.8. The summed E-state index contributed by atoms with van der Waals surface area (Å²) in [5.74, 6) is 0. The molecule has 0 saturated carbocycles. The van der Waals surface area contributed by atoms with Crippen LogP contribution in [0.1, 0.15) is 38.0 Å². The molecule has 0 unspecified atom stereocenters. The molecule has 0 spiro atoms. The monoisotopic (exact) mass is 602 g/mol. The fourth-order valence-electron chi connectivity index (χ4n) is 5.39. The summed E-state index contributed by atoms with van der Waals surface area (Å²) in [6.45, 7) is 9.11. The highest BCUT2D eigenvalue weighted by Gasteiger charge is 2.56. The number of halogens is 1. The van der Waals surface area contributed by atoms with Gasteiger partial charge in [0.2, 0.25) is 0 Å². The zero-order valence-corrected chi connectivity index (χ0v) is 25.8. The van der Waals surface area contributed by atoms with E-state index in [0.29, 0.717) is 0 Å². The third-order valence-corrected chi connectivity index (χ3v) is 14.5. The van der Waals surface area contributed by atoms with Crippen molar-refractivity contribution >= 4 is 46.4 Å². The molecule has 196 valence electrons. The van der Waals surface area contributed by atoms with Gasteiger partial charge < -0.3 is 9.16 Å². The van der Waals surface area contributed by atoms with Gasteiger partial charge in [0.15, 0.2) is 0 Å². The van der Waals surface area contributed by atoms with Crippen molar-refractivity contribution in [2.45, 2.75) is 60.1 Å². The van der Waals surface area contributed by atoms with Crippen molar-refractivity contribution in [2.75, 3.05) is 0 Å². The summed E-state index contributed by atoms with van der Waals surface area (Å²) in [6, 6.07) is 40.9. The van der Waals surface area contributed by atoms with E-state index >= 15 is 0 Å². The molecule has 5 heteroatoms. The van der Waals surface area contributed by atoms with Crippen LogP contribution >= 0.6 is 27.7 Å². The van der Waals surface area contributed by atoms with Crippen LogP contribution in [0, 0.1) is 6.92 Å². The molecule has 1 saturated heterocycles. The second kappa shape index (κ2) is 11.5. The van der Waals surface area contributed by atoms with Crippen LogP contribution in [0.2, 0.25) is 5.04 Å². The zero-order valence-electron chi connectivity index (χ0n) is 22.4. The summed E-state index contributed by atoms with van der Waals surface area (Å²) in [6.07, 6.45) is -0.278. The van der Waals surface area contributed by atoms with Crippen LogP contribution in [0.3, 0.4) is 0 Å². The third-order valence-electron chi connectivity index (χ3n) is 7.28. The molecular weight excluding hydrogens is 568 g/mol. The van der Waals surface area contributed by atoms with E-state index in [1.807, 2.05) is 0 Å². The SMILES string of the molecule is Cc1ccc(S[C@@H]2O[C@@H](c3ccccc3)[C@H](Br)[C@H]2O[Si](c2ccccc2)(c2ccccc2)C(C)(C)C)cc1. The fraction of sp³-hybridized carbons (Fsp3) is 0.273. The Balaban J connectivity index is 1.62. The number of ether oxygens (including phenoxy) is 1. The number of aryl methyl sites for hydroxylation is 1. The lowest BCUT2D eigenvalue weighted by atomic mass is 10.1. The van der Waals surface area contributed by atoms with E-state index in [1.165, 1.54) is 20.8 Å². The van der Waals surface area contributed by atoms with E-state index in [0.717, 1.165) is 5.56 Å². The van der Waals surface area contributed by atoms with Gasteiger partial charge in [-0.05, 0) is 40.0 Å². The fourth-order valence-corrected chi connectivity index (χ4v) is 12.5. The maximum absolute atomic E-state index is 7.65. The number of benzene rings is 4. The number of thioether (sulfide) groups is 1. The molecule has 1 aliphatic heterocycles. The van der Waals surface area contributed by atoms with Gasteiger partial charge in [0.1, 0.15) is 5.44 Å². The minimum absolute atomic E-state index is 0.00509. The van der Waals surface area contributed by atoms with Gasteiger partial charge in [-0.25, -0.2) is 0 Å². The largest absolute Gasteiger partial charge is 0.400 e. The predicted octanol–water partition coefficient (Wildman–Crippen LogP) is 7.89. The van der Waals surface area contributed by atoms with Crippen molar-refractivity contribution in [3.63, 3.8) is 0 Å². The number of hydrogen-bond acceptors (Lipinski definition) is 3. The highest BCUT2D eigenvalue weighted by Crippen LogP contribution is 2.48.